The molecule has 0 heterocycles. The van der Waals surface area contributed by atoms with Gasteiger partial charge in [-0.25, -0.2) is 0 Å². The Morgan fingerprint density at radius 2 is 1.59 bits per heavy atom. The second-order valence-electron chi connectivity index (χ2n) is 6.61. The molecular formula is C23H28O5S. The standard InChI is InChI=1S/C14H12O2.C9H16O3S/c1-16-13-9-7-12(8-10-13)14(15)11-5-3-2-4-6-11;1-3-5-6-9(4-2,7-10)8-13(11)12/h2-10H,1H3;7-8H,3-6H2,1-2H3. The van der Waals surface area contributed by atoms with Gasteiger partial charge in [-0.05, 0) is 37.1 Å². The van der Waals surface area contributed by atoms with Crippen molar-refractivity contribution >= 4 is 27.7 Å². The van der Waals surface area contributed by atoms with Crippen LogP contribution in [0.5, 0.6) is 5.75 Å². The van der Waals surface area contributed by atoms with Crippen LogP contribution in [0.4, 0.5) is 0 Å². The van der Waals surface area contributed by atoms with Crippen LogP contribution in [-0.4, -0.2) is 33.0 Å². The number of rotatable bonds is 9. The zero-order chi connectivity index (χ0) is 21.7. The first-order valence-electron chi connectivity index (χ1n) is 9.55. The molecule has 2 aromatic rings. The van der Waals surface area contributed by atoms with Gasteiger partial charge in [0.25, 0.3) is 0 Å². The summed E-state index contributed by atoms with van der Waals surface area (Å²) in [5.41, 5.74) is 0.613. The number of methoxy groups -OCH3 is 1. The number of ketones is 1. The molecule has 0 aliphatic carbocycles. The normalized spacial score (nSPS) is 12.0. The van der Waals surface area contributed by atoms with Crippen molar-refractivity contribution in [3.8, 4) is 5.75 Å². The van der Waals surface area contributed by atoms with E-state index in [1.807, 2.05) is 44.2 Å². The van der Waals surface area contributed by atoms with Crippen molar-refractivity contribution < 1.29 is 22.7 Å². The van der Waals surface area contributed by atoms with E-state index in [-0.39, 0.29) is 5.78 Å². The Labute approximate surface area is 174 Å². The molecule has 156 valence electrons. The van der Waals surface area contributed by atoms with Crippen LogP contribution in [0.25, 0.3) is 0 Å². The predicted octanol–water partition coefficient (Wildman–Crippen LogP) is 4.38. The molecule has 1 unspecified atom stereocenters. The Hall–Kier alpha value is -2.73. The number of ether oxygens (including phenoxy) is 1. The Kier molecular flexibility index (Phi) is 10.6. The van der Waals surface area contributed by atoms with Crippen LogP contribution in [0, 0.1) is 5.41 Å². The summed E-state index contributed by atoms with van der Waals surface area (Å²) in [6.45, 7) is 3.84. The zero-order valence-electron chi connectivity index (χ0n) is 17.1. The van der Waals surface area contributed by atoms with Crippen LogP contribution in [-0.2, 0) is 15.1 Å². The van der Waals surface area contributed by atoms with Gasteiger partial charge in [-0.1, -0.05) is 57.0 Å². The molecule has 0 spiro atoms. The lowest BCUT2D eigenvalue weighted by Crippen LogP contribution is -2.23. The lowest BCUT2D eigenvalue weighted by Gasteiger charge is -2.19. The summed E-state index contributed by atoms with van der Waals surface area (Å²) in [5.74, 6) is 0.785. The smallest absolute Gasteiger partial charge is 0.210 e. The molecule has 0 saturated carbocycles. The van der Waals surface area contributed by atoms with Crippen LogP contribution >= 0.6 is 0 Å². The van der Waals surface area contributed by atoms with Gasteiger partial charge in [-0.2, -0.15) is 8.42 Å². The highest BCUT2D eigenvalue weighted by atomic mass is 32.2. The highest BCUT2D eigenvalue weighted by Crippen LogP contribution is 2.23. The molecule has 2 aromatic carbocycles. The maximum atomic E-state index is 12.0. The molecule has 0 bridgehead atoms. The van der Waals surface area contributed by atoms with Gasteiger partial charge in [0.05, 0.1) is 12.5 Å². The molecule has 0 aliphatic heterocycles. The van der Waals surface area contributed by atoms with E-state index in [9.17, 15) is 18.0 Å². The van der Waals surface area contributed by atoms with E-state index in [4.69, 9.17) is 4.74 Å². The second-order valence-corrected chi connectivity index (χ2v) is 7.37. The van der Waals surface area contributed by atoms with Gasteiger partial charge in [0.1, 0.15) is 12.0 Å². The average molecular weight is 417 g/mol. The number of aldehydes is 1. The first-order valence-corrected chi connectivity index (χ1v) is 10.7. The third-order valence-corrected chi connectivity index (χ3v) is 5.27. The van der Waals surface area contributed by atoms with E-state index in [1.54, 1.807) is 31.4 Å². The Balaban J connectivity index is 0.000000298. The van der Waals surface area contributed by atoms with Crippen molar-refractivity contribution in [3.63, 3.8) is 0 Å². The molecule has 1 atom stereocenters. The first-order chi connectivity index (χ1) is 13.9. The third kappa shape index (κ3) is 8.03. The molecule has 0 fully saturated rings. The maximum Gasteiger partial charge on any atom is 0.210 e. The van der Waals surface area contributed by atoms with E-state index in [0.29, 0.717) is 24.0 Å². The van der Waals surface area contributed by atoms with Crippen molar-refractivity contribution in [1.82, 2.24) is 0 Å². The second kappa shape index (κ2) is 12.7. The maximum absolute atomic E-state index is 12.0. The molecule has 5 nitrogen and oxygen atoms in total. The minimum absolute atomic E-state index is 0.0308. The third-order valence-electron chi connectivity index (χ3n) is 4.61. The molecule has 0 N–H and O–H groups in total. The fourth-order valence-corrected chi connectivity index (χ4v) is 3.41. The number of carbonyl (C=O) groups excluding carboxylic acids is 2. The van der Waals surface area contributed by atoms with Crippen molar-refractivity contribution in [3.05, 3.63) is 65.7 Å². The van der Waals surface area contributed by atoms with Gasteiger partial charge in [0.2, 0.25) is 10.3 Å². The summed E-state index contributed by atoms with van der Waals surface area (Å²) in [6.07, 6.45) is 3.76. The number of benzene rings is 2. The van der Waals surface area contributed by atoms with Crippen molar-refractivity contribution in [2.24, 2.45) is 5.41 Å². The number of unbranched alkanes of at least 4 members (excludes halogenated alkanes) is 1. The van der Waals surface area contributed by atoms with Gasteiger partial charge in [-0.3, -0.25) is 4.79 Å². The van der Waals surface area contributed by atoms with Crippen molar-refractivity contribution in [2.45, 2.75) is 39.5 Å². The van der Waals surface area contributed by atoms with Crippen molar-refractivity contribution in [2.75, 3.05) is 7.11 Å². The van der Waals surface area contributed by atoms with Gasteiger partial charge < -0.3 is 9.53 Å². The molecule has 6 heteroatoms. The molecular weight excluding hydrogens is 388 g/mol. The molecule has 0 aromatic heterocycles. The van der Waals surface area contributed by atoms with E-state index >= 15 is 0 Å². The summed E-state index contributed by atoms with van der Waals surface area (Å²) in [6, 6.07) is 16.4. The van der Waals surface area contributed by atoms with Gasteiger partial charge in [0, 0.05) is 16.5 Å². The lowest BCUT2D eigenvalue weighted by atomic mass is 9.84. The van der Waals surface area contributed by atoms with Gasteiger partial charge >= 0.3 is 0 Å². The largest absolute Gasteiger partial charge is 0.497 e. The monoisotopic (exact) mass is 416 g/mol. The highest BCUT2D eigenvalue weighted by Gasteiger charge is 2.25. The first kappa shape index (κ1) is 24.3. The SMILES string of the molecule is CCCCC(C=O)(C=S(=O)=O)CC.COc1ccc(C(=O)c2ccccc2)cc1. The minimum atomic E-state index is -2.24. The predicted molar refractivity (Wildman–Crippen MR) is 116 cm³/mol. The Bertz CT molecular complexity index is 894. The fraction of sp³-hybridized carbons (Fsp3) is 0.348. The highest BCUT2D eigenvalue weighted by molar-refractivity contribution is 7.71. The van der Waals surface area contributed by atoms with E-state index in [0.717, 1.165) is 30.2 Å². The minimum Gasteiger partial charge on any atom is -0.497 e. The van der Waals surface area contributed by atoms with Crippen LogP contribution in [0.3, 0.4) is 0 Å². The number of hydrogen-bond donors (Lipinski definition) is 0. The number of hydrogen-bond acceptors (Lipinski definition) is 5. The molecule has 0 aliphatic rings. The molecule has 2 rings (SSSR count). The average Bonchev–Trinajstić information content (AvgIpc) is 2.77. The molecule has 0 amide bonds. The summed E-state index contributed by atoms with van der Waals surface area (Å²) in [4.78, 5) is 22.8. The summed E-state index contributed by atoms with van der Waals surface area (Å²) < 4.78 is 26.0. The Morgan fingerprint density at radius 1 is 1.00 bits per heavy atom. The fourth-order valence-electron chi connectivity index (χ4n) is 2.69. The van der Waals surface area contributed by atoms with E-state index in [2.05, 4.69) is 0 Å². The van der Waals surface area contributed by atoms with Gasteiger partial charge in [0.15, 0.2) is 5.78 Å². The van der Waals surface area contributed by atoms with Gasteiger partial charge in [-0.15, -0.1) is 0 Å². The topological polar surface area (TPSA) is 77.5 Å². The van der Waals surface area contributed by atoms with Crippen LogP contribution < -0.4 is 4.74 Å². The summed E-state index contributed by atoms with van der Waals surface area (Å²) >= 11 is 0. The van der Waals surface area contributed by atoms with Crippen LogP contribution in [0.15, 0.2) is 54.6 Å². The molecule has 0 saturated heterocycles. The quantitative estimate of drug-likeness (QED) is 0.344. The van der Waals surface area contributed by atoms with Crippen LogP contribution in [0.2, 0.25) is 0 Å². The zero-order valence-corrected chi connectivity index (χ0v) is 17.9. The van der Waals surface area contributed by atoms with Crippen molar-refractivity contribution in [1.29, 1.82) is 0 Å². The summed E-state index contributed by atoms with van der Waals surface area (Å²) in [7, 11) is -0.639. The molecule has 29 heavy (non-hydrogen) atoms. The van der Waals surface area contributed by atoms with Crippen LogP contribution in [0.1, 0.15) is 55.5 Å². The molecule has 0 radical (unpaired) electrons. The van der Waals surface area contributed by atoms with E-state index < -0.39 is 15.7 Å². The number of carbonyl (C=O) groups is 2. The van der Waals surface area contributed by atoms with E-state index in [1.165, 1.54) is 0 Å². The summed E-state index contributed by atoms with van der Waals surface area (Å²) in [5, 5.41) is 1.12. The lowest BCUT2D eigenvalue weighted by molar-refractivity contribution is -0.113. The Morgan fingerprint density at radius 3 is 2.03 bits per heavy atom.